The van der Waals surface area contributed by atoms with Crippen molar-refractivity contribution in [2.45, 2.75) is 71.1 Å². The Morgan fingerprint density at radius 2 is 1.38 bits per heavy atom. The van der Waals surface area contributed by atoms with Crippen molar-refractivity contribution in [1.82, 2.24) is 0 Å². The summed E-state index contributed by atoms with van der Waals surface area (Å²) in [6, 6.07) is 0. The van der Waals surface area contributed by atoms with Gasteiger partial charge in [-0.3, -0.25) is 0 Å². The smallest absolute Gasteiger partial charge is 1.00 e. The minimum Gasteiger partial charge on any atom is -1.00 e. The molecule has 0 heterocycles. The van der Waals surface area contributed by atoms with Crippen molar-refractivity contribution in [1.29, 1.82) is 0 Å². The molecule has 0 saturated carbocycles. The van der Waals surface area contributed by atoms with Crippen molar-refractivity contribution >= 4 is 23.1 Å². The van der Waals surface area contributed by atoms with Gasteiger partial charge in [-0.2, -0.15) is 6.42 Å². The van der Waals surface area contributed by atoms with E-state index in [1.807, 2.05) is 0 Å². The van der Waals surface area contributed by atoms with Crippen LogP contribution in [0.5, 0.6) is 0 Å². The first-order valence-electron chi connectivity index (χ1n) is 8.01. The Hall–Kier alpha value is 0.906. The fourth-order valence-corrected chi connectivity index (χ4v) is 1.90. The number of allylic oxidation sites excluding steroid dienone is 1. The van der Waals surface area contributed by atoms with Gasteiger partial charge in [0, 0.05) is 6.61 Å². The normalized spacial score (nSPS) is 10.4. The second-order valence-electron chi connectivity index (χ2n) is 4.96. The molecule has 0 rings (SSSR count). The van der Waals surface area contributed by atoms with Crippen LogP contribution in [0.25, 0.3) is 0 Å². The fraction of sp³-hybridized carbons (Fsp3) is 0.824. The van der Waals surface area contributed by atoms with E-state index in [1.54, 1.807) is 0 Å². The van der Waals surface area contributed by atoms with E-state index in [0.29, 0.717) is 6.79 Å². The summed E-state index contributed by atoms with van der Waals surface area (Å²) >= 11 is 0. The van der Waals surface area contributed by atoms with Crippen LogP contribution >= 0.6 is 0 Å². The van der Waals surface area contributed by atoms with E-state index in [0.717, 1.165) is 26.1 Å². The molecule has 0 unspecified atom stereocenters. The van der Waals surface area contributed by atoms with Gasteiger partial charge in [-0.15, -0.1) is 6.08 Å². The average molecular weight is 374 g/mol. The molecule has 0 aromatic rings. The Morgan fingerprint density at radius 3 is 2.00 bits per heavy atom. The van der Waals surface area contributed by atoms with Gasteiger partial charge in [0.25, 0.3) is 0 Å². The summed E-state index contributed by atoms with van der Waals surface area (Å²) in [7, 11) is 0. The Morgan fingerprint density at radius 1 is 0.810 bits per heavy atom. The summed E-state index contributed by atoms with van der Waals surface area (Å²) in [6.07, 6.45) is 16.7. The summed E-state index contributed by atoms with van der Waals surface area (Å²) in [5.41, 5.74) is 0. The average Bonchev–Trinajstić information content (AvgIpc) is 2.43. The van der Waals surface area contributed by atoms with E-state index in [2.05, 4.69) is 26.0 Å². The van der Waals surface area contributed by atoms with E-state index in [1.165, 1.54) is 51.4 Å². The number of hydrogen-bond donors (Lipinski definition) is 0. The van der Waals surface area contributed by atoms with Crippen LogP contribution in [-0.4, -0.2) is 43.1 Å². The predicted molar refractivity (Wildman–Crippen MR) is 88.9 cm³/mol. The van der Waals surface area contributed by atoms with Gasteiger partial charge in [-0.25, -0.2) is 0 Å². The van der Waals surface area contributed by atoms with Crippen molar-refractivity contribution in [3.05, 3.63) is 19.1 Å². The van der Waals surface area contributed by atoms with Gasteiger partial charge in [-0.1, -0.05) is 57.9 Å². The van der Waals surface area contributed by atoms with Gasteiger partial charge in [0.2, 0.25) is 0 Å². The number of rotatable bonds is 15. The van der Waals surface area contributed by atoms with Crippen LogP contribution in [0.3, 0.4) is 0 Å². The molecule has 0 aliphatic heterocycles. The van der Waals surface area contributed by atoms with Crippen LogP contribution in [0.15, 0.2) is 12.2 Å². The molecule has 4 heteroatoms. The maximum absolute atomic E-state index is 5.43. The maximum atomic E-state index is 5.43. The fourth-order valence-electron chi connectivity index (χ4n) is 1.90. The standard InChI is InChI=1S/C17H33O2.BrH.Mg/c1-3-5-7-9-10-11-12-14-16-19-17-18-15-13-8-6-4-2;;/h6,8H,2-5,7,9-17H2,1H3;1H;/q-1;;+2/p-1/b8-6-;;. The largest absolute Gasteiger partial charge is 2.00 e. The predicted octanol–water partition coefficient (Wildman–Crippen LogP) is 1.91. The Kier molecular flexibility index (Phi) is 33.0. The molecule has 0 atom stereocenters. The number of halogens is 1. The third-order valence-electron chi connectivity index (χ3n) is 3.07. The molecule has 21 heavy (non-hydrogen) atoms. The topological polar surface area (TPSA) is 18.5 Å². The molecule has 0 aliphatic rings. The van der Waals surface area contributed by atoms with E-state index in [9.17, 15) is 0 Å². The molecule has 0 N–H and O–H groups in total. The zero-order valence-corrected chi connectivity index (χ0v) is 17.0. The van der Waals surface area contributed by atoms with Crippen LogP contribution in [0, 0.1) is 6.92 Å². The SMILES string of the molecule is [Br-].[CH2-]C/C=C\CCOCOCCCCCCCCCC.[Mg+2]. The summed E-state index contributed by atoms with van der Waals surface area (Å²) in [4.78, 5) is 0. The zero-order valence-electron chi connectivity index (χ0n) is 14.0. The van der Waals surface area contributed by atoms with Gasteiger partial charge < -0.3 is 33.4 Å². The van der Waals surface area contributed by atoms with Crippen LogP contribution in [0.4, 0.5) is 0 Å². The van der Waals surface area contributed by atoms with Crippen LogP contribution < -0.4 is 17.0 Å². The molecule has 0 aromatic heterocycles. The Labute approximate surface area is 159 Å². The first-order chi connectivity index (χ1) is 9.41. The van der Waals surface area contributed by atoms with E-state index >= 15 is 0 Å². The van der Waals surface area contributed by atoms with Gasteiger partial charge in [-0.05, 0) is 12.8 Å². The molecule has 0 bridgehead atoms. The molecular formula is C17H33BrMgO2. The molecule has 0 aromatic carbocycles. The van der Waals surface area contributed by atoms with Crippen molar-refractivity contribution in [3.63, 3.8) is 0 Å². The van der Waals surface area contributed by atoms with Gasteiger partial charge >= 0.3 is 23.1 Å². The van der Waals surface area contributed by atoms with E-state index in [4.69, 9.17) is 9.47 Å². The molecule has 0 radical (unpaired) electrons. The monoisotopic (exact) mass is 372 g/mol. The van der Waals surface area contributed by atoms with Crippen LogP contribution in [0.1, 0.15) is 71.1 Å². The van der Waals surface area contributed by atoms with E-state index in [-0.39, 0.29) is 40.0 Å². The molecule has 2 nitrogen and oxygen atoms in total. The summed E-state index contributed by atoms with van der Waals surface area (Å²) < 4.78 is 10.8. The summed E-state index contributed by atoms with van der Waals surface area (Å²) in [6.45, 7) is 8.02. The quantitative estimate of drug-likeness (QED) is 0.144. The number of hydrogen-bond acceptors (Lipinski definition) is 2. The van der Waals surface area contributed by atoms with Gasteiger partial charge in [0.05, 0.1) is 6.61 Å². The Balaban J connectivity index is -0.00000162. The maximum Gasteiger partial charge on any atom is 2.00 e. The zero-order chi connectivity index (χ0) is 14.0. The van der Waals surface area contributed by atoms with Gasteiger partial charge in [0.1, 0.15) is 6.79 Å². The second kappa shape index (κ2) is 25.8. The van der Waals surface area contributed by atoms with Crippen LogP contribution in [-0.2, 0) is 9.47 Å². The Bertz CT molecular complexity index is 190. The third-order valence-corrected chi connectivity index (χ3v) is 3.07. The first kappa shape index (κ1) is 26.8. The van der Waals surface area contributed by atoms with Crippen LogP contribution in [0.2, 0.25) is 0 Å². The van der Waals surface area contributed by atoms with Crippen molar-refractivity contribution in [3.8, 4) is 0 Å². The third kappa shape index (κ3) is 26.1. The number of ether oxygens (including phenoxy) is 2. The number of unbranched alkanes of at least 4 members (excludes halogenated alkanes) is 7. The minimum atomic E-state index is 0. The van der Waals surface area contributed by atoms with Gasteiger partial charge in [0.15, 0.2) is 0 Å². The van der Waals surface area contributed by atoms with E-state index < -0.39 is 0 Å². The molecule has 0 aliphatic carbocycles. The first-order valence-corrected chi connectivity index (χ1v) is 8.01. The molecule has 0 spiro atoms. The van der Waals surface area contributed by atoms with Crippen molar-refractivity contribution in [2.75, 3.05) is 20.0 Å². The minimum absolute atomic E-state index is 0. The molecular weight excluding hydrogens is 340 g/mol. The van der Waals surface area contributed by atoms with Crippen molar-refractivity contribution in [2.24, 2.45) is 0 Å². The molecule has 0 amide bonds. The molecule has 0 fully saturated rings. The summed E-state index contributed by atoms with van der Waals surface area (Å²) in [5.74, 6) is 0. The second-order valence-corrected chi connectivity index (χ2v) is 4.96. The summed E-state index contributed by atoms with van der Waals surface area (Å²) in [5, 5.41) is 0. The van der Waals surface area contributed by atoms with Crippen molar-refractivity contribution < 1.29 is 26.5 Å². The molecule has 0 saturated heterocycles. The molecule has 122 valence electrons.